The van der Waals surface area contributed by atoms with Crippen molar-refractivity contribution in [2.75, 3.05) is 12.3 Å². The van der Waals surface area contributed by atoms with Crippen LogP contribution in [0.2, 0.25) is 0 Å². The number of aryl methyl sites for hydroxylation is 1. The van der Waals surface area contributed by atoms with Crippen molar-refractivity contribution >= 4 is 17.6 Å². The minimum absolute atomic E-state index is 0.146. The van der Waals surface area contributed by atoms with Crippen molar-refractivity contribution < 1.29 is 15.3 Å². The summed E-state index contributed by atoms with van der Waals surface area (Å²) in [6.07, 6.45) is -0.706. The summed E-state index contributed by atoms with van der Waals surface area (Å²) in [5.74, 6) is 0.146. The lowest BCUT2D eigenvalue weighted by Gasteiger charge is -2.18. The maximum absolute atomic E-state index is 11.7. The molecule has 18 heavy (non-hydrogen) atoms. The van der Waals surface area contributed by atoms with Crippen LogP contribution >= 0.6 is 11.8 Å². The summed E-state index contributed by atoms with van der Waals surface area (Å²) in [4.78, 5) is 15.4. The number of rotatable bonds is 2. The molecule has 0 saturated carbocycles. The minimum Gasteiger partial charge on any atom is -0.395 e. The second-order valence-electron chi connectivity index (χ2n) is 4.23. The van der Waals surface area contributed by atoms with Gasteiger partial charge in [0.05, 0.1) is 18.0 Å². The summed E-state index contributed by atoms with van der Waals surface area (Å²) in [6.45, 7) is 1.43. The fourth-order valence-electron chi connectivity index (χ4n) is 1.87. The van der Waals surface area contributed by atoms with Crippen LogP contribution in [0.25, 0.3) is 0 Å². The van der Waals surface area contributed by atoms with Gasteiger partial charge in [0.25, 0.3) is 0 Å². The van der Waals surface area contributed by atoms with Crippen molar-refractivity contribution in [2.24, 2.45) is 0 Å². The van der Waals surface area contributed by atoms with Gasteiger partial charge in [0, 0.05) is 11.8 Å². The number of aliphatic hydroxyl groups excluding tert-OH is 3. The molecule has 2 heterocycles. The summed E-state index contributed by atoms with van der Waals surface area (Å²) in [6, 6.07) is 0. The number of nitrogens with two attached hydrogens (primary N) is 1. The minimum atomic E-state index is -1.13. The SMILES string of the molecule is Cc1cn(C2SC(CO)C(O)C2O)c(=O)nc1N. The normalized spacial score (nSPS) is 31.8. The Balaban J connectivity index is 2.39. The lowest BCUT2D eigenvalue weighted by atomic mass is 10.1. The molecule has 4 unspecified atom stereocenters. The molecule has 1 aliphatic rings. The van der Waals surface area contributed by atoms with Gasteiger partial charge in [0.2, 0.25) is 0 Å². The Morgan fingerprint density at radius 3 is 2.72 bits per heavy atom. The molecule has 0 spiro atoms. The topological polar surface area (TPSA) is 122 Å². The third kappa shape index (κ3) is 2.12. The molecule has 1 aliphatic heterocycles. The zero-order valence-corrected chi connectivity index (χ0v) is 10.5. The molecular weight excluding hydrogens is 258 g/mol. The Hall–Kier alpha value is -1.09. The Morgan fingerprint density at radius 1 is 1.50 bits per heavy atom. The van der Waals surface area contributed by atoms with Crippen LogP contribution in [0.3, 0.4) is 0 Å². The van der Waals surface area contributed by atoms with Crippen LogP contribution < -0.4 is 11.4 Å². The van der Waals surface area contributed by atoms with Crippen molar-refractivity contribution in [3.63, 3.8) is 0 Å². The highest BCUT2D eigenvalue weighted by atomic mass is 32.2. The Morgan fingerprint density at radius 2 is 2.17 bits per heavy atom. The van der Waals surface area contributed by atoms with Gasteiger partial charge < -0.3 is 21.1 Å². The van der Waals surface area contributed by atoms with Crippen LogP contribution in [0.4, 0.5) is 5.82 Å². The monoisotopic (exact) mass is 273 g/mol. The van der Waals surface area contributed by atoms with E-state index in [1.165, 1.54) is 10.8 Å². The fourth-order valence-corrected chi connectivity index (χ4v) is 3.24. The molecule has 1 saturated heterocycles. The quantitative estimate of drug-likeness (QED) is 0.515. The van der Waals surface area contributed by atoms with Crippen LogP contribution in [0.15, 0.2) is 11.0 Å². The molecule has 7 nitrogen and oxygen atoms in total. The van der Waals surface area contributed by atoms with Gasteiger partial charge in [-0.2, -0.15) is 4.98 Å². The van der Waals surface area contributed by atoms with E-state index in [9.17, 15) is 15.0 Å². The molecule has 0 amide bonds. The number of aliphatic hydroxyl groups is 3. The highest BCUT2D eigenvalue weighted by molar-refractivity contribution is 8.00. The first kappa shape index (κ1) is 13.3. The van der Waals surface area contributed by atoms with Gasteiger partial charge in [0.15, 0.2) is 0 Å². The van der Waals surface area contributed by atoms with Crippen molar-refractivity contribution in [1.82, 2.24) is 9.55 Å². The molecule has 0 radical (unpaired) electrons. The molecule has 1 aromatic rings. The van der Waals surface area contributed by atoms with E-state index in [1.807, 2.05) is 0 Å². The second kappa shape index (κ2) is 4.88. The highest BCUT2D eigenvalue weighted by Gasteiger charge is 2.43. The molecule has 0 bridgehead atoms. The summed E-state index contributed by atoms with van der Waals surface area (Å²) in [5, 5.41) is 27.5. The van der Waals surface area contributed by atoms with Gasteiger partial charge in [-0.3, -0.25) is 4.57 Å². The smallest absolute Gasteiger partial charge is 0.350 e. The molecule has 2 rings (SSSR count). The number of nitrogen functional groups attached to an aromatic ring is 1. The Kier molecular flexibility index (Phi) is 3.62. The summed E-state index contributed by atoms with van der Waals surface area (Å²) in [5.41, 5.74) is 5.55. The number of hydrogen-bond donors (Lipinski definition) is 4. The zero-order valence-electron chi connectivity index (χ0n) is 9.72. The largest absolute Gasteiger partial charge is 0.395 e. The van der Waals surface area contributed by atoms with Gasteiger partial charge in [-0.1, -0.05) is 0 Å². The highest BCUT2D eigenvalue weighted by Crippen LogP contribution is 2.40. The summed E-state index contributed by atoms with van der Waals surface area (Å²) >= 11 is 1.14. The van der Waals surface area contributed by atoms with Gasteiger partial charge in [0.1, 0.15) is 17.3 Å². The Labute approximate surface area is 107 Å². The van der Waals surface area contributed by atoms with E-state index >= 15 is 0 Å². The fraction of sp³-hybridized carbons (Fsp3) is 0.600. The lowest BCUT2D eigenvalue weighted by Crippen LogP contribution is -2.36. The van der Waals surface area contributed by atoms with Crippen molar-refractivity contribution in [3.05, 3.63) is 22.2 Å². The first-order valence-electron chi connectivity index (χ1n) is 5.43. The van der Waals surface area contributed by atoms with E-state index in [0.29, 0.717) is 5.56 Å². The number of hydrogen-bond acceptors (Lipinski definition) is 7. The number of aromatic nitrogens is 2. The van der Waals surface area contributed by atoms with Gasteiger partial charge in [-0.15, -0.1) is 11.8 Å². The van der Waals surface area contributed by atoms with Crippen molar-refractivity contribution in [2.45, 2.75) is 29.8 Å². The summed E-state index contributed by atoms with van der Waals surface area (Å²) < 4.78 is 1.24. The van der Waals surface area contributed by atoms with E-state index in [-0.39, 0.29) is 12.4 Å². The van der Waals surface area contributed by atoms with Crippen LogP contribution in [0, 0.1) is 6.92 Å². The molecule has 0 aliphatic carbocycles. The first-order chi connectivity index (χ1) is 8.45. The maximum Gasteiger partial charge on any atom is 0.350 e. The zero-order chi connectivity index (χ0) is 13.4. The van der Waals surface area contributed by atoms with E-state index in [4.69, 9.17) is 10.8 Å². The van der Waals surface area contributed by atoms with Crippen molar-refractivity contribution in [1.29, 1.82) is 0 Å². The maximum atomic E-state index is 11.7. The van der Waals surface area contributed by atoms with E-state index in [1.54, 1.807) is 6.92 Å². The third-order valence-electron chi connectivity index (χ3n) is 2.97. The van der Waals surface area contributed by atoms with E-state index in [0.717, 1.165) is 11.8 Å². The van der Waals surface area contributed by atoms with Crippen LogP contribution in [0.5, 0.6) is 0 Å². The molecule has 4 atom stereocenters. The van der Waals surface area contributed by atoms with E-state index < -0.39 is 28.5 Å². The summed E-state index contributed by atoms with van der Waals surface area (Å²) in [7, 11) is 0. The predicted molar refractivity (Wildman–Crippen MR) is 67.2 cm³/mol. The Bertz CT molecular complexity index is 506. The van der Waals surface area contributed by atoms with Crippen LogP contribution in [-0.4, -0.2) is 48.9 Å². The van der Waals surface area contributed by atoms with Crippen LogP contribution in [0.1, 0.15) is 10.9 Å². The molecule has 1 aromatic heterocycles. The predicted octanol–water partition coefficient (Wildman–Crippen LogP) is -1.54. The molecular formula is C10H15N3O4S. The van der Waals surface area contributed by atoms with Gasteiger partial charge in [-0.05, 0) is 6.92 Å². The van der Waals surface area contributed by atoms with Gasteiger partial charge in [-0.25, -0.2) is 4.79 Å². The number of anilines is 1. The first-order valence-corrected chi connectivity index (χ1v) is 6.37. The van der Waals surface area contributed by atoms with Crippen molar-refractivity contribution in [3.8, 4) is 0 Å². The standard InChI is InChI=1S/C10H15N3O4S/c1-4-2-13(10(17)12-8(4)11)9-7(16)6(15)5(3-14)18-9/h2,5-7,9,14-16H,3H2,1H3,(H2,11,12,17). The third-order valence-corrected chi connectivity index (χ3v) is 4.53. The number of nitrogens with zero attached hydrogens (tertiary/aromatic N) is 2. The average Bonchev–Trinajstić information content (AvgIpc) is 2.61. The average molecular weight is 273 g/mol. The number of thioether (sulfide) groups is 1. The lowest BCUT2D eigenvalue weighted by molar-refractivity contribution is 0.0101. The van der Waals surface area contributed by atoms with E-state index in [2.05, 4.69) is 4.98 Å². The van der Waals surface area contributed by atoms with Gasteiger partial charge >= 0.3 is 5.69 Å². The molecule has 0 aromatic carbocycles. The molecule has 100 valence electrons. The second-order valence-corrected chi connectivity index (χ2v) is 5.59. The molecule has 8 heteroatoms. The molecule has 1 fully saturated rings. The van der Waals surface area contributed by atoms with Crippen LogP contribution in [-0.2, 0) is 0 Å². The molecule has 5 N–H and O–H groups in total.